The first-order valence-electron chi connectivity index (χ1n) is 16.3. The molecule has 0 amide bonds. The average molecular weight is 681 g/mol. The van der Waals surface area contributed by atoms with E-state index in [1.807, 2.05) is 13.0 Å². The normalized spacial score (nSPS) is 14.6. The van der Waals surface area contributed by atoms with Crippen molar-refractivity contribution in [1.82, 2.24) is 9.47 Å². The SMILES string of the molecule is CCCc1c2oc(C(=O)O)cc(=O)c2cc2c(=O)cc(C(=O)O)n(CC)c12.CN1CCC(=C2c3ccccc3CC(=O)c3sccc32)CC1. The number of likely N-dealkylation sites (tertiary alicyclic amines) is 1. The molecule has 0 radical (unpaired) electrons. The van der Waals surface area contributed by atoms with Gasteiger partial charge in [0.25, 0.3) is 0 Å². The number of aryl methyl sites for hydroxylation is 2. The van der Waals surface area contributed by atoms with Crippen molar-refractivity contribution in [2.75, 3.05) is 20.1 Å². The van der Waals surface area contributed by atoms with Crippen molar-refractivity contribution < 1.29 is 29.0 Å². The van der Waals surface area contributed by atoms with Crippen LogP contribution in [-0.4, -0.2) is 57.5 Å². The van der Waals surface area contributed by atoms with E-state index in [9.17, 15) is 34.2 Å². The number of hydrogen-bond acceptors (Lipinski definition) is 8. The highest BCUT2D eigenvalue weighted by Gasteiger charge is 2.27. The fourth-order valence-corrected chi connectivity index (χ4v) is 7.74. The Bertz CT molecular complexity index is 2300. The molecule has 11 heteroatoms. The second-order valence-electron chi connectivity index (χ2n) is 12.3. The second-order valence-corrected chi connectivity index (χ2v) is 13.2. The van der Waals surface area contributed by atoms with Crippen molar-refractivity contribution in [3.8, 4) is 0 Å². The van der Waals surface area contributed by atoms with Gasteiger partial charge in [0.05, 0.1) is 15.8 Å². The van der Waals surface area contributed by atoms with Crippen LogP contribution < -0.4 is 10.9 Å². The third-order valence-corrected chi connectivity index (χ3v) is 10.2. The van der Waals surface area contributed by atoms with Gasteiger partial charge >= 0.3 is 11.9 Å². The number of aromatic nitrogens is 1. The van der Waals surface area contributed by atoms with Crippen LogP contribution in [0.4, 0.5) is 0 Å². The number of carbonyl (C=O) groups excluding carboxylic acids is 1. The van der Waals surface area contributed by atoms with Gasteiger partial charge in [-0.3, -0.25) is 14.4 Å². The molecule has 1 aliphatic carbocycles. The smallest absolute Gasteiger partial charge is 0.371 e. The minimum absolute atomic E-state index is 0.0680. The van der Waals surface area contributed by atoms with Gasteiger partial charge in [0.2, 0.25) is 5.76 Å². The molecule has 0 bridgehead atoms. The minimum atomic E-state index is -1.39. The number of ketones is 1. The molecule has 0 saturated carbocycles. The molecule has 7 rings (SSSR count). The lowest BCUT2D eigenvalue weighted by atomic mass is 9.88. The molecule has 0 spiro atoms. The van der Waals surface area contributed by atoms with E-state index in [2.05, 4.69) is 41.6 Å². The number of rotatable bonds is 5. The van der Waals surface area contributed by atoms with Gasteiger partial charge in [0, 0.05) is 54.7 Å². The summed E-state index contributed by atoms with van der Waals surface area (Å²) in [5.41, 5.74) is 6.07. The van der Waals surface area contributed by atoms with Crippen LogP contribution in [0.5, 0.6) is 0 Å². The number of hydrogen-bond donors (Lipinski definition) is 2. The van der Waals surface area contributed by atoms with Crippen molar-refractivity contribution in [2.45, 2.75) is 52.5 Å². The number of thiophene rings is 1. The first-order valence-corrected chi connectivity index (χ1v) is 17.2. The zero-order chi connectivity index (χ0) is 35.0. The lowest BCUT2D eigenvalue weighted by Gasteiger charge is -2.27. The summed E-state index contributed by atoms with van der Waals surface area (Å²) < 4.78 is 6.94. The number of piperidine rings is 1. The Morgan fingerprint density at radius 1 is 0.898 bits per heavy atom. The number of Topliss-reactive ketones (excluding diaryl/α,β-unsaturated/α-hetero) is 1. The predicted octanol–water partition coefficient (Wildman–Crippen LogP) is 6.49. The van der Waals surface area contributed by atoms with Crippen molar-refractivity contribution in [2.24, 2.45) is 0 Å². The van der Waals surface area contributed by atoms with Crippen LogP contribution in [0.2, 0.25) is 0 Å². The monoisotopic (exact) mass is 680 g/mol. The number of pyridine rings is 1. The Kier molecular flexibility index (Phi) is 9.49. The van der Waals surface area contributed by atoms with E-state index in [1.54, 1.807) is 18.3 Å². The summed E-state index contributed by atoms with van der Waals surface area (Å²) in [5.74, 6) is -2.88. The molecule has 0 unspecified atom stereocenters. The number of carbonyl (C=O) groups is 3. The fourth-order valence-electron chi connectivity index (χ4n) is 6.89. The number of nitrogens with zero attached hydrogens (tertiary/aromatic N) is 2. The second kappa shape index (κ2) is 13.8. The maximum absolute atomic E-state index is 12.6. The highest BCUT2D eigenvalue weighted by atomic mass is 32.1. The van der Waals surface area contributed by atoms with Gasteiger partial charge < -0.3 is 24.1 Å². The van der Waals surface area contributed by atoms with Crippen LogP contribution in [0.15, 0.2) is 73.5 Å². The molecule has 0 atom stereocenters. The molecule has 2 N–H and O–H groups in total. The summed E-state index contributed by atoms with van der Waals surface area (Å²) in [6, 6.07) is 13.8. The molecule has 2 aliphatic rings. The molecule has 5 aromatic rings. The van der Waals surface area contributed by atoms with Crippen LogP contribution in [0, 0.1) is 0 Å². The Balaban J connectivity index is 0.000000173. The molecule has 1 saturated heterocycles. The Labute approximate surface area is 285 Å². The van der Waals surface area contributed by atoms with Gasteiger partial charge in [0.1, 0.15) is 11.3 Å². The Hall–Kier alpha value is -5.13. The van der Waals surface area contributed by atoms with Crippen molar-refractivity contribution >= 4 is 56.5 Å². The highest BCUT2D eigenvalue weighted by molar-refractivity contribution is 7.12. The van der Waals surface area contributed by atoms with Crippen LogP contribution in [0.1, 0.15) is 86.1 Å². The number of carboxylic acids is 2. The molecular formula is C38H36N2O8S. The summed E-state index contributed by atoms with van der Waals surface area (Å²) in [4.78, 5) is 63.8. The fraction of sp³-hybridized carbons (Fsp3) is 0.289. The van der Waals surface area contributed by atoms with Crippen LogP contribution >= 0.6 is 11.3 Å². The molecule has 2 aromatic carbocycles. The lowest BCUT2D eigenvalue weighted by Crippen LogP contribution is -2.27. The van der Waals surface area contributed by atoms with Gasteiger partial charge in [0.15, 0.2) is 16.6 Å². The van der Waals surface area contributed by atoms with E-state index in [1.165, 1.54) is 38.5 Å². The molecule has 252 valence electrons. The van der Waals surface area contributed by atoms with E-state index in [0.717, 1.165) is 42.9 Å². The topological polar surface area (TPSA) is 147 Å². The maximum atomic E-state index is 12.6. The molecule has 1 fully saturated rings. The van der Waals surface area contributed by atoms with E-state index in [4.69, 9.17) is 4.42 Å². The third-order valence-electron chi connectivity index (χ3n) is 9.20. The molecular weight excluding hydrogens is 644 g/mol. The Morgan fingerprint density at radius 3 is 2.29 bits per heavy atom. The van der Waals surface area contributed by atoms with Crippen molar-refractivity contribution in [3.05, 3.63) is 119 Å². The summed E-state index contributed by atoms with van der Waals surface area (Å²) in [5, 5.41) is 21.0. The van der Waals surface area contributed by atoms with Crippen LogP contribution in [-0.2, 0) is 19.4 Å². The Morgan fingerprint density at radius 2 is 1.61 bits per heavy atom. The summed E-state index contributed by atoms with van der Waals surface area (Å²) in [6.07, 6.45) is 3.72. The zero-order valence-electron chi connectivity index (χ0n) is 27.5. The third kappa shape index (κ3) is 6.27. The predicted molar refractivity (Wildman–Crippen MR) is 189 cm³/mol. The number of fused-ring (bicyclic) bond motifs is 4. The average Bonchev–Trinajstić information content (AvgIpc) is 3.52. The zero-order valence-corrected chi connectivity index (χ0v) is 28.3. The first-order chi connectivity index (χ1) is 23.5. The van der Waals surface area contributed by atoms with Crippen molar-refractivity contribution in [3.63, 3.8) is 0 Å². The van der Waals surface area contributed by atoms with Crippen LogP contribution in [0.25, 0.3) is 27.4 Å². The number of benzene rings is 2. The molecule has 10 nitrogen and oxygen atoms in total. The van der Waals surface area contributed by atoms with Gasteiger partial charge in [-0.15, -0.1) is 11.3 Å². The van der Waals surface area contributed by atoms with Gasteiger partial charge in [-0.1, -0.05) is 43.2 Å². The van der Waals surface area contributed by atoms with E-state index in [-0.39, 0.29) is 34.4 Å². The maximum Gasteiger partial charge on any atom is 0.371 e. The molecule has 3 aromatic heterocycles. The van der Waals surface area contributed by atoms with E-state index >= 15 is 0 Å². The first kappa shape index (κ1) is 33.8. The molecule has 4 heterocycles. The summed E-state index contributed by atoms with van der Waals surface area (Å²) in [7, 11) is 2.18. The quantitative estimate of drug-likeness (QED) is 0.199. The van der Waals surface area contributed by atoms with E-state index < -0.39 is 28.6 Å². The molecule has 1 aliphatic heterocycles. The van der Waals surface area contributed by atoms with Gasteiger partial charge in [-0.25, -0.2) is 9.59 Å². The lowest BCUT2D eigenvalue weighted by molar-refractivity contribution is 0.0659. The largest absolute Gasteiger partial charge is 0.477 e. The van der Waals surface area contributed by atoms with Crippen LogP contribution in [0.3, 0.4) is 0 Å². The summed E-state index contributed by atoms with van der Waals surface area (Å²) in [6.45, 7) is 6.09. The van der Waals surface area contributed by atoms with Gasteiger partial charge in [-0.05, 0) is 67.4 Å². The minimum Gasteiger partial charge on any atom is -0.477 e. The van der Waals surface area contributed by atoms with Crippen molar-refractivity contribution in [1.29, 1.82) is 0 Å². The number of aromatic carboxylic acids is 2. The van der Waals surface area contributed by atoms with E-state index in [0.29, 0.717) is 30.3 Å². The highest BCUT2D eigenvalue weighted by Crippen LogP contribution is 2.40. The standard InChI is InChI=1S/C19H17NO7.C19H19NOS/c1-3-5-9-16-10(13(21)7-12(18(23)24)20(16)4-2)6-11-14(22)8-15(19(25)26)27-17(9)11;1-20-9-6-13(7-10-20)18-15-5-3-2-4-14(15)12-17(21)19-16(18)8-11-22-19/h6-8H,3-5H2,1-2H3,(H,23,24)(H,25,26);2-5,8,11H,6-7,9-10,12H2,1H3. The molecule has 49 heavy (non-hydrogen) atoms. The van der Waals surface area contributed by atoms with Gasteiger partial charge in [-0.2, -0.15) is 0 Å². The summed E-state index contributed by atoms with van der Waals surface area (Å²) >= 11 is 1.59. The number of carboxylic acid groups (broad SMARTS) is 2.